The number of aromatic nitrogens is 1. The summed E-state index contributed by atoms with van der Waals surface area (Å²) in [5.74, 6) is -0.376. The predicted octanol–water partition coefficient (Wildman–Crippen LogP) is 3.28. The third-order valence-corrected chi connectivity index (χ3v) is 2.86. The molecule has 0 aliphatic rings. The van der Waals surface area contributed by atoms with Crippen molar-refractivity contribution in [1.82, 2.24) is 4.98 Å². The van der Waals surface area contributed by atoms with Gasteiger partial charge in [0.2, 0.25) is 5.75 Å². The summed E-state index contributed by atoms with van der Waals surface area (Å²) in [6.07, 6.45) is 0.664. The molecule has 6 nitrogen and oxygen atoms in total. The molecule has 0 unspecified atom stereocenters. The van der Waals surface area contributed by atoms with Crippen LogP contribution >= 0.6 is 0 Å². The molecular formula is C14H13FN2O4. The van der Waals surface area contributed by atoms with E-state index in [1.54, 1.807) is 6.92 Å². The summed E-state index contributed by atoms with van der Waals surface area (Å²) < 4.78 is 24.0. The monoisotopic (exact) mass is 292 g/mol. The highest BCUT2D eigenvalue weighted by Crippen LogP contribution is 2.32. The Morgan fingerprint density at radius 2 is 2.10 bits per heavy atom. The van der Waals surface area contributed by atoms with E-state index in [1.807, 2.05) is 0 Å². The smallest absolute Gasteiger partial charge is 0.406 e. The van der Waals surface area contributed by atoms with Crippen molar-refractivity contribution in [3.8, 4) is 11.5 Å². The Labute approximate surface area is 120 Å². The molecule has 0 fully saturated rings. The number of benzene rings is 1. The molecule has 7 heteroatoms. The number of halogens is 1. The summed E-state index contributed by atoms with van der Waals surface area (Å²) in [6.45, 7) is 1.65. The van der Waals surface area contributed by atoms with Crippen LogP contribution < -0.4 is 9.47 Å². The second-order valence-electron chi connectivity index (χ2n) is 4.23. The van der Waals surface area contributed by atoms with Crippen LogP contribution in [0.2, 0.25) is 0 Å². The van der Waals surface area contributed by atoms with Crippen molar-refractivity contribution in [1.29, 1.82) is 0 Å². The lowest BCUT2D eigenvalue weighted by Gasteiger charge is -2.17. The van der Waals surface area contributed by atoms with E-state index < -0.39 is 16.8 Å². The lowest BCUT2D eigenvalue weighted by Crippen LogP contribution is -2.07. The zero-order valence-corrected chi connectivity index (χ0v) is 11.4. The summed E-state index contributed by atoms with van der Waals surface area (Å²) in [6, 6.07) is 6.97. The van der Waals surface area contributed by atoms with Gasteiger partial charge >= 0.3 is 5.82 Å². The van der Waals surface area contributed by atoms with E-state index in [1.165, 1.54) is 43.6 Å². The molecule has 1 atom stereocenters. The molecule has 0 spiro atoms. The van der Waals surface area contributed by atoms with Gasteiger partial charge in [-0.05, 0) is 47.2 Å². The average Bonchev–Trinajstić information content (AvgIpc) is 2.47. The number of rotatable bonds is 5. The minimum absolute atomic E-state index is 0.0151. The van der Waals surface area contributed by atoms with Gasteiger partial charge in [-0.25, -0.2) is 4.39 Å². The molecule has 1 heterocycles. The predicted molar refractivity (Wildman–Crippen MR) is 72.9 cm³/mol. The van der Waals surface area contributed by atoms with Gasteiger partial charge in [-0.2, -0.15) is 0 Å². The lowest BCUT2D eigenvalue weighted by molar-refractivity contribution is -0.390. The van der Waals surface area contributed by atoms with Gasteiger partial charge in [-0.3, -0.25) is 0 Å². The van der Waals surface area contributed by atoms with Crippen LogP contribution in [0, 0.1) is 15.9 Å². The van der Waals surface area contributed by atoms with Crippen molar-refractivity contribution in [2.24, 2.45) is 0 Å². The Hall–Kier alpha value is -2.70. The van der Waals surface area contributed by atoms with Crippen LogP contribution in [0.15, 0.2) is 36.5 Å². The summed E-state index contributed by atoms with van der Waals surface area (Å²) in [4.78, 5) is 13.9. The van der Waals surface area contributed by atoms with Gasteiger partial charge in [0, 0.05) is 5.56 Å². The summed E-state index contributed by atoms with van der Waals surface area (Å²) in [5, 5.41) is 10.9. The van der Waals surface area contributed by atoms with Crippen molar-refractivity contribution in [3.05, 3.63) is 58.0 Å². The molecule has 0 N–H and O–H groups in total. The molecular weight excluding hydrogens is 279 g/mol. The van der Waals surface area contributed by atoms with Gasteiger partial charge < -0.3 is 19.6 Å². The fourth-order valence-electron chi connectivity index (χ4n) is 1.89. The topological polar surface area (TPSA) is 74.5 Å². The molecule has 0 saturated heterocycles. The normalized spacial score (nSPS) is 11.8. The standard InChI is InChI=1S/C14H13FN2O4/c1-9(11-8-10(15)5-6-12(11)20-2)21-13-4-3-7-16-14(13)17(18)19/h3-9H,1-2H3/t9-/m0/s1. The number of hydrogen-bond donors (Lipinski definition) is 0. The van der Waals surface area contributed by atoms with Crippen LogP contribution in [-0.4, -0.2) is 17.0 Å². The first-order chi connectivity index (χ1) is 10.0. The Morgan fingerprint density at radius 1 is 1.33 bits per heavy atom. The van der Waals surface area contributed by atoms with E-state index in [4.69, 9.17) is 9.47 Å². The van der Waals surface area contributed by atoms with Gasteiger partial charge in [0.05, 0.1) is 7.11 Å². The Kier molecular flexibility index (Phi) is 4.32. The van der Waals surface area contributed by atoms with Crippen molar-refractivity contribution in [2.45, 2.75) is 13.0 Å². The maximum absolute atomic E-state index is 13.4. The number of hydrogen-bond acceptors (Lipinski definition) is 5. The summed E-state index contributed by atoms with van der Waals surface area (Å²) >= 11 is 0. The van der Waals surface area contributed by atoms with Gasteiger partial charge in [-0.15, -0.1) is 0 Å². The second kappa shape index (κ2) is 6.17. The largest absolute Gasteiger partial charge is 0.496 e. The minimum Gasteiger partial charge on any atom is -0.496 e. The molecule has 2 aromatic rings. The summed E-state index contributed by atoms with van der Waals surface area (Å²) in [7, 11) is 1.45. The zero-order valence-electron chi connectivity index (χ0n) is 11.4. The van der Waals surface area contributed by atoms with E-state index in [-0.39, 0.29) is 11.6 Å². The van der Waals surface area contributed by atoms with Crippen LogP contribution in [-0.2, 0) is 0 Å². The Bertz CT molecular complexity index is 663. The van der Waals surface area contributed by atoms with Crippen LogP contribution in [0.1, 0.15) is 18.6 Å². The molecule has 0 saturated carbocycles. The van der Waals surface area contributed by atoms with Crippen molar-refractivity contribution >= 4 is 5.82 Å². The molecule has 2 rings (SSSR count). The average molecular weight is 292 g/mol. The number of nitro groups is 1. The third-order valence-electron chi connectivity index (χ3n) is 2.86. The van der Waals surface area contributed by atoms with Gasteiger partial charge in [0.25, 0.3) is 0 Å². The van der Waals surface area contributed by atoms with Gasteiger partial charge in [0.1, 0.15) is 23.9 Å². The maximum atomic E-state index is 13.4. The molecule has 110 valence electrons. The minimum atomic E-state index is -0.640. The SMILES string of the molecule is COc1ccc(F)cc1[C@H](C)Oc1cccnc1[N+](=O)[O-]. The fourth-order valence-corrected chi connectivity index (χ4v) is 1.89. The highest BCUT2D eigenvalue weighted by Gasteiger charge is 2.20. The van der Waals surface area contributed by atoms with Crippen LogP contribution in [0.5, 0.6) is 11.5 Å². The van der Waals surface area contributed by atoms with E-state index in [2.05, 4.69) is 4.98 Å². The molecule has 0 radical (unpaired) electrons. The molecule has 1 aromatic heterocycles. The van der Waals surface area contributed by atoms with E-state index in [0.29, 0.717) is 11.3 Å². The molecule has 0 bridgehead atoms. The van der Waals surface area contributed by atoms with Gasteiger partial charge in [0.15, 0.2) is 0 Å². The molecule has 0 amide bonds. The number of methoxy groups -OCH3 is 1. The van der Waals surface area contributed by atoms with Crippen molar-refractivity contribution in [3.63, 3.8) is 0 Å². The third kappa shape index (κ3) is 3.25. The quantitative estimate of drug-likeness (QED) is 0.624. The van der Waals surface area contributed by atoms with Gasteiger partial charge in [-0.1, -0.05) is 0 Å². The molecule has 0 aliphatic heterocycles. The molecule has 1 aromatic carbocycles. The van der Waals surface area contributed by atoms with Crippen LogP contribution in [0.25, 0.3) is 0 Å². The highest BCUT2D eigenvalue weighted by atomic mass is 19.1. The number of nitrogens with zero attached hydrogens (tertiary/aromatic N) is 2. The first-order valence-electron chi connectivity index (χ1n) is 6.12. The number of pyridine rings is 1. The van der Waals surface area contributed by atoms with Crippen molar-refractivity contribution in [2.75, 3.05) is 7.11 Å². The zero-order chi connectivity index (χ0) is 15.4. The first-order valence-corrected chi connectivity index (χ1v) is 6.12. The first kappa shape index (κ1) is 14.7. The van der Waals surface area contributed by atoms with E-state index >= 15 is 0 Å². The molecule has 21 heavy (non-hydrogen) atoms. The second-order valence-corrected chi connectivity index (χ2v) is 4.23. The fraction of sp³-hybridized carbons (Fsp3) is 0.214. The van der Waals surface area contributed by atoms with E-state index in [0.717, 1.165) is 0 Å². The molecule has 0 aliphatic carbocycles. The van der Waals surface area contributed by atoms with E-state index in [9.17, 15) is 14.5 Å². The number of ether oxygens (including phenoxy) is 2. The highest BCUT2D eigenvalue weighted by molar-refractivity contribution is 5.41. The Morgan fingerprint density at radius 3 is 2.76 bits per heavy atom. The lowest BCUT2D eigenvalue weighted by atomic mass is 10.1. The van der Waals surface area contributed by atoms with Crippen LogP contribution in [0.3, 0.4) is 0 Å². The maximum Gasteiger partial charge on any atom is 0.406 e. The van der Waals surface area contributed by atoms with Crippen LogP contribution in [0.4, 0.5) is 10.2 Å². The summed E-state index contributed by atoms with van der Waals surface area (Å²) in [5.41, 5.74) is 0.454. The Balaban J connectivity index is 2.32. The van der Waals surface area contributed by atoms with Crippen molar-refractivity contribution < 1.29 is 18.8 Å².